The molecule has 0 aliphatic heterocycles. The number of aromatic nitrogens is 2. The molecule has 0 unspecified atom stereocenters. The fraction of sp³-hybridized carbons (Fsp3) is 0.333. The van der Waals surface area contributed by atoms with Gasteiger partial charge in [-0.15, -0.1) is 0 Å². The standard InChI is InChI=1S/C12H14N2O2/c1-3-16-11(15)7-10-12-8(2)5-4-6-9(12)13-14-10/h4-6H,3,7H2,1-2H3,(H,13,14). The molecule has 1 aromatic carbocycles. The highest BCUT2D eigenvalue weighted by Gasteiger charge is 2.12. The number of nitrogens with zero attached hydrogens (tertiary/aromatic N) is 1. The third-order valence-electron chi connectivity index (χ3n) is 2.49. The first-order valence-corrected chi connectivity index (χ1v) is 5.30. The minimum atomic E-state index is -0.237. The van der Waals surface area contributed by atoms with Crippen LogP contribution in [-0.2, 0) is 16.0 Å². The lowest BCUT2D eigenvalue weighted by Crippen LogP contribution is -2.08. The molecule has 1 heterocycles. The van der Waals surface area contributed by atoms with Gasteiger partial charge in [0.05, 0.1) is 24.2 Å². The van der Waals surface area contributed by atoms with Crippen molar-refractivity contribution < 1.29 is 9.53 Å². The van der Waals surface area contributed by atoms with E-state index >= 15 is 0 Å². The van der Waals surface area contributed by atoms with Crippen LogP contribution in [0.4, 0.5) is 0 Å². The van der Waals surface area contributed by atoms with E-state index in [0.29, 0.717) is 6.61 Å². The topological polar surface area (TPSA) is 55.0 Å². The first-order valence-electron chi connectivity index (χ1n) is 5.30. The molecular formula is C12H14N2O2. The van der Waals surface area contributed by atoms with Crippen LogP contribution < -0.4 is 0 Å². The van der Waals surface area contributed by atoms with Crippen LogP contribution in [0.2, 0.25) is 0 Å². The van der Waals surface area contributed by atoms with Gasteiger partial charge >= 0.3 is 5.97 Å². The Kier molecular flexibility index (Phi) is 2.90. The maximum atomic E-state index is 11.4. The third kappa shape index (κ3) is 1.91. The molecule has 84 valence electrons. The summed E-state index contributed by atoms with van der Waals surface area (Å²) in [6.45, 7) is 4.21. The van der Waals surface area contributed by atoms with E-state index < -0.39 is 0 Å². The van der Waals surface area contributed by atoms with Gasteiger partial charge in [-0.2, -0.15) is 5.10 Å². The van der Waals surface area contributed by atoms with Crippen molar-refractivity contribution in [2.45, 2.75) is 20.3 Å². The maximum Gasteiger partial charge on any atom is 0.311 e. The van der Waals surface area contributed by atoms with Crippen LogP contribution in [0.15, 0.2) is 18.2 Å². The van der Waals surface area contributed by atoms with Crippen molar-refractivity contribution in [2.75, 3.05) is 6.61 Å². The maximum absolute atomic E-state index is 11.4. The Labute approximate surface area is 93.6 Å². The highest BCUT2D eigenvalue weighted by Crippen LogP contribution is 2.20. The average molecular weight is 218 g/mol. The van der Waals surface area contributed by atoms with Gasteiger partial charge in [-0.1, -0.05) is 12.1 Å². The summed E-state index contributed by atoms with van der Waals surface area (Å²) in [5.41, 5.74) is 2.83. The van der Waals surface area contributed by atoms with E-state index in [1.54, 1.807) is 6.92 Å². The molecule has 0 aliphatic carbocycles. The monoisotopic (exact) mass is 218 g/mol. The number of esters is 1. The molecule has 0 fully saturated rings. The van der Waals surface area contributed by atoms with Crippen LogP contribution in [0.1, 0.15) is 18.2 Å². The molecule has 0 bridgehead atoms. The minimum Gasteiger partial charge on any atom is -0.466 e. The third-order valence-corrected chi connectivity index (χ3v) is 2.49. The number of aryl methyl sites for hydroxylation is 1. The molecule has 0 saturated carbocycles. The largest absolute Gasteiger partial charge is 0.466 e. The van der Waals surface area contributed by atoms with Crippen molar-refractivity contribution >= 4 is 16.9 Å². The Hall–Kier alpha value is -1.84. The predicted octanol–water partition coefficient (Wildman–Crippen LogP) is 1.98. The van der Waals surface area contributed by atoms with E-state index in [-0.39, 0.29) is 12.4 Å². The van der Waals surface area contributed by atoms with E-state index in [4.69, 9.17) is 4.74 Å². The molecule has 0 aliphatic rings. The van der Waals surface area contributed by atoms with E-state index in [9.17, 15) is 4.79 Å². The molecule has 4 heteroatoms. The van der Waals surface area contributed by atoms with Crippen molar-refractivity contribution in [1.29, 1.82) is 0 Å². The van der Waals surface area contributed by atoms with Gasteiger partial charge in [0.15, 0.2) is 0 Å². The van der Waals surface area contributed by atoms with Crippen LogP contribution in [0.5, 0.6) is 0 Å². The number of nitrogens with one attached hydrogen (secondary N) is 1. The summed E-state index contributed by atoms with van der Waals surface area (Å²) < 4.78 is 4.91. The van der Waals surface area contributed by atoms with Gasteiger partial charge in [-0.3, -0.25) is 9.89 Å². The average Bonchev–Trinajstić information content (AvgIpc) is 2.63. The lowest BCUT2D eigenvalue weighted by molar-refractivity contribution is -0.142. The highest BCUT2D eigenvalue weighted by molar-refractivity contribution is 5.88. The van der Waals surface area contributed by atoms with Gasteiger partial charge in [0.2, 0.25) is 0 Å². The summed E-state index contributed by atoms with van der Waals surface area (Å²) >= 11 is 0. The molecule has 1 aromatic heterocycles. The number of hydrogen-bond acceptors (Lipinski definition) is 3. The van der Waals surface area contributed by atoms with Crippen LogP contribution in [-0.4, -0.2) is 22.8 Å². The number of carbonyl (C=O) groups excluding carboxylic acids is 1. The first-order chi connectivity index (χ1) is 7.72. The van der Waals surface area contributed by atoms with Gasteiger partial charge in [0, 0.05) is 5.39 Å². The van der Waals surface area contributed by atoms with E-state index in [0.717, 1.165) is 22.2 Å². The smallest absolute Gasteiger partial charge is 0.311 e. The number of fused-ring (bicyclic) bond motifs is 1. The highest BCUT2D eigenvalue weighted by atomic mass is 16.5. The van der Waals surface area contributed by atoms with Gasteiger partial charge in [-0.05, 0) is 25.5 Å². The Morgan fingerprint density at radius 3 is 3.06 bits per heavy atom. The van der Waals surface area contributed by atoms with Crippen LogP contribution in [0.25, 0.3) is 10.9 Å². The molecular weight excluding hydrogens is 204 g/mol. The number of aromatic amines is 1. The quantitative estimate of drug-likeness (QED) is 0.801. The Bertz CT molecular complexity index is 517. The summed E-state index contributed by atoms with van der Waals surface area (Å²) in [6.07, 6.45) is 0.221. The fourth-order valence-electron chi connectivity index (χ4n) is 1.80. The molecule has 2 aromatic rings. The van der Waals surface area contributed by atoms with E-state index in [1.165, 1.54) is 0 Å². The molecule has 0 radical (unpaired) electrons. The number of hydrogen-bond donors (Lipinski definition) is 1. The van der Waals surface area contributed by atoms with E-state index in [1.807, 2.05) is 25.1 Å². The SMILES string of the molecule is CCOC(=O)Cc1n[nH]c2cccc(C)c12. The number of benzene rings is 1. The van der Waals surface area contributed by atoms with Crippen molar-refractivity contribution in [1.82, 2.24) is 10.2 Å². The van der Waals surface area contributed by atoms with Crippen LogP contribution in [0.3, 0.4) is 0 Å². The zero-order chi connectivity index (χ0) is 11.5. The molecule has 0 atom stereocenters. The summed E-state index contributed by atoms with van der Waals surface area (Å²) in [7, 11) is 0. The molecule has 16 heavy (non-hydrogen) atoms. The van der Waals surface area contributed by atoms with Crippen LogP contribution >= 0.6 is 0 Å². The first kappa shape index (κ1) is 10.7. The van der Waals surface area contributed by atoms with Gasteiger partial charge in [0.25, 0.3) is 0 Å². The van der Waals surface area contributed by atoms with Gasteiger partial charge in [0.1, 0.15) is 0 Å². The van der Waals surface area contributed by atoms with Crippen molar-refractivity contribution in [3.8, 4) is 0 Å². The second-order valence-corrected chi connectivity index (χ2v) is 3.65. The van der Waals surface area contributed by atoms with Crippen molar-refractivity contribution in [3.05, 3.63) is 29.5 Å². The Balaban J connectivity index is 2.34. The number of H-pyrrole nitrogens is 1. The zero-order valence-electron chi connectivity index (χ0n) is 9.41. The predicted molar refractivity (Wildman–Crippen MR) is 61.2 cm³/mol. The Morgan fingerprint density at radius 2 is 2.31 bits per heavy atom. The molecule has 1 N–H and O–H groups in total. The molecule has 2 rings (SSSR count). The lowest BCUT2D eigenvalue weighted by atomic mass is 10.1. The summed E-state index contributed by atoms with van der Waals surface area (Å²) in [5.74, 6) is -0.237. The minimum absolute atomic E-state index is 0.221. The normalized spacial score (nSPS) is 10.6. The summed E-state index contributed by atoms with van der Waals surface area (Å²) in [5, 5.41) is 8.09. The summed E-state index contributed by atoms with van der Waals surface area (Å²) in [4.78, 5) is 11.4. The number of rotatable bonds is 3. The zero-order valence-corrected chi connectivity index (χ0v) is 9.41. The van der Waals surface area contributed by atoms with Crippen molar-refractivity contribution in [3.63, 3.8) is 0 Å². The molecule has 0 saturated heterocycles. The molecule has 0 spiro atoms. The molecule has 4 nitrogen and oxygen atoms in total. The fourth-order valence-corrected chi connectivity index (χ4v) is 1.80. The molecule has 0 amide bonds. The van der Waals surface area contributed by atoms with Gasteiger partial charge in [-0.25, -0.2) is 0 Å². The second-order valence-electron chi connectivity index (χ2n) is 3.65. The second kappa shape index (κ2) is 4.35. The van der Waals surface area contributed by atoms with Crippen LogP contribution in [0, 0.1) is 6.92 Å². The van der Waals surface area contributed by atoms with E-state index in [2.05, 4.69) is 10.2 Å². The number of carbonyl (C=O) groups is 1. The number of ether oxygens (including phenoxy) is 1. The van der Waals surface area contributed by atoms with Crippen molar-refractivity contribution in [2.24, 2.45) is 0 Å². The Morgan fingerprint density at radius 1 is 1.50 bits per heavy atom. The summed E-state index contributed by atoms with van der Waals surface area (Å²) in [6, 6.07) is 5.92. The lowest BCUT2D eigenvalue weighted by Gasteiger charge is -2.00. The van der Waals surface area contributed by atoms with Gasteiger partial charge < -0.3 is 4.74 Å².